The number of rotatable bonds is 6. The number of benzene rings is 2. The summed E-state index contributed by atoms with van der Waals surface area (Å²) in [7, 11) is -0.510. The van der Waals surface area contributed by atoms with Crippen molar-refractivity contribution in [2.24, 2.45) is 0 Å². The van der Waals surface area contributed by atoms with Crippen LogP contribution in [0.3, 0.4) is 0 Å². The second kappa shape index (κ2) is 7.19. The van der Waals surface area contributed by atoms with Gasteiger partial charge in [0.1, 0.15) is 0 Å². The molecule has 0 spiro atoms. The third-order valence-corrected chi connectivity index (χ3v) is 4.17. The van der Waals surface area contributed by atoms with E-state index in [9.17, 15) is 8.42 Å². The molecule has 0 aliphatic carbocycles. The van der Waals surface area contributed by atoms with Crippen LogP contribution < -0.4 is 14.2 Å². The highest BCUT2D eigenvalue weighted by atomic mass is 32.2. The van der Waals surface area contributed by atoms with Crippen LogP contribution in [0, 0.1) is 6.92 Å². The van der Waals surface area contributed by atoms with Crippen LogP contribution in [0.25, 0.3) is 6.08 Å². The van der Waals surface area contributed by atoms with Crippen molar-refractivity contribution >= 4 is 21.8 Å². The zero-order valence-electron chi connectivity index (χ0n) is 13.2. The van der Waals surface area contributed by atoms with Gasteiger partial charge >= 0.3 is 0 Å². The van der Waals surface area contributed by atoms with Gasteiger partial charge in [0.05, 0.1) is 19.6 Å². The van der Waals surface area contributed by atoms with E-state index in [0.29, 0.717) is 22.7 Å². The summed E-state index contributed by atoms with van der Waals surface area (Å²) in [5.41, 5.74) is 2.28. The van der Waals surface area contributed by atoms with Gasteiger partial charge in [0.25, 0.3) is 10.0 Å². The van der Waals surface area contributed by atoms with Crippen LogP contribution in [-0.2, 0) is 10.0 Å². The van der Waals surface area contributed by atoms with Crippen LogP contribution in [0.5, 0.6) is 11.5 Å². The van der Waals surface area contributed by atoms with Gasteiger partial charge in [-0.05, 0) is 42.8 Å². The molecule has 2 aromatic carbocycles. The smallest absolute Gasteiger partial charge is 0.255 e. The SMILES string of the molecule is COc1ccc(C=CS(=O)(=O)Nc2ccc(C)cc2)cc1OC. The minimum Gasteiger partial charge on any atom is -0.493 e. The normalized spacial score (nSPS) is 11.4. The van der Waals surface area contributed by atoms with Gasteiger partial charge in [-0.3, -0.25) is 4.72 Å². The molecular weight excluding hydrogens is 314 g/mol. The molecule has 1 N–H and O–H groups in total. The summed E-state index contributed by atoms with van der Waals surface area (Å²) in [5, 5.41) is 1.12. The molecule has 2 aromatic rings. The fourth-order valence-electron chi connectivity index (χ4n) is 1.94. The largest absolute Gasteiger partial charge is 0.493 e. The van der Waals surface area contributed by atoms with Crippen molar-refractivity contribution in [1.29, 1.82) is 0 Å². The highest BCUT2D eigenvalue weighted by Crippen LogP contribution is 2.28. The fraction of sp³-hybridized carbons (Fsp3) is 0.176. The summed E-state index contributed by atoms with van der Waals surface area (Å²) in [5.74, 6) is 1.13. The molecule has 0 fully saturated rings. The highest BCUT2D eigenvalue weighted by Gasteiger charge is 2.07. The maximum Gasteiger partial charge on any atom is 0.255 e. The Labute approximate surface area is 136 Å². The maximum atomic E-state index is 12.1. The Hall–Kier alpha value is -2.47. The highest BCUT2D eigenvalue weighted by molar-refractivity contribution is 7.95. The molecule has 0 aliphatic rings. The van der Waals surface area contributed by atoms with E-state index in [1.807, 2.05) is 19.1 Å². The van der Waals surface area contributed by atoms with Crippen molar-refractivity contribution in [1.82, 2.24) is 0 Å². The predicted octanol–water partition coefficient (Wildman–Crippen LogP) is 3.42. The summed E-state index contributed by atoms with van der Waals surface area (Å²) in [4.78, 5) is 0. The van der Waals surface area contributed by atoms with E-state index in [2.05, 4.69) is 4.72 Å². The number of anilines is 1. The Morgan fingerprint density at radius 1 is 0.957 bits per heavy atom. The van der Waals surface area contributed by atoms with E-state index in [0.717, 1.165) is 11.0 Å². The van der Waals surface area contributed by atoms with Crippen molar-refractivity contribution in [2.45, 2.75) is 6.92 Å². The van der Waals surface area contributed by atoms with Crippen LogP contribution in [0.15, 0.2) is 47.9 Å². The number of aryl methyl sites for hydroxylation is 1. The first-order valence-corrected chi connectivity index (χ1v) is 8.48. The summed E-state index contributed by atoms with van der Waals surface area (Å²) in [6, 6.07) is 12.3. The van der Waals surface area contributed by atoms with E-state index in [4.69, 9.17) is 9.47 Å². The minimum absolute atomic E-state index is 0.521. The molecule has 0 aromatic heterocycles. The first kappa shape index (κ1) is 16.9. The molecule has 5 nitrogen and oxygen atoms in total. The number of nitrogens with one attached hydrogen (secondary N) is 1. The lowest BCUT2D eigenvalue weighted by molar-refractivity contribution is 0.355. The molecule has 0 radical (unpaired) electrons. The van der Waals surface area contributed by atoms with Gasteiger partial charge < -0.3 is 9.47 Å². The Balaban J connectivity index is 2.16. The summed E-state index contributed by atoms with van der Waals surface area (Å²) >= 11 is 0. The van der Waals surface area contributed by atoms with E-state index < -0.39 is 10.0 Å². The summed E-state index contributed by atoms with van der Waals surface area (Å²) < 4.78 is 37.0. The predicted molar refractivity (Wildman–Crippen MR) is 92.3 cm³/mol. The first-order valence-electron chi connectivity index (χ1n) is 6.93. The topological polar surface area (TPSA) is 64.6 Å². The van der Waals surface area contributed by atoms with Crippen LogP contribution in [0.1, 0.15) is 11.1 Å². The quantitative estimate of drug-likeness (QED) is 0.880. The monoisotopic (exact) mass is 333 g/mol. The van der Waals surface area contributed by atoms with E-state index >= 15 is 0 Å². The van der Waals surface area contributed by atoms with Gasteiger partial charge in [0.2, 0.25) is 0 Å². The van der Waals surface area contributed by atoms with Crippen LogP contribution in [0.2, 0.25) is 0 Å². The van der Waals surface area contributed by atoms with Crippen LogP contribution >= 0.6 is 0 Å². The van der Waals surface area contributed by atoms with Crippen molar-refractivity contribution in [3.05, 3.63) is 59.0 Å². The maximum absolute atomic E-state index is 12.1. The average Bonchev–Trinajstić information content (AvgIpc) is 2.54. The van der Waals surface area contributed by atoms with Crippen LogP contribution in [-0.4, -0.2) is 22.6 Å². The minimum atomic E-state index is -3.58. The molecule has 0 bridgehead atoms. The van der Waals surface area contributed by atoms with Gasteiger partial charge in [-0.2, -0.15) is 0 Å². The Morgan fingerprint density at radius 2 is 1.61 bits per heavy atom. The van der Waals surface area contributed by atoms with Crippen molar-refractivity contribution < 1.29 is 17.9 Å². The standard InChI is InChI=1S/C17H19NO4S/c1-13-4-7-15(8-5-13)18-23(19,20)11-10-14-6-9-16(21-2)17(12-14)22-3/h4-12,18H,1-3H3. The number of ether oxygens (including phenoxy) is 2. The van der Waals surface area contributed by atoms with Gasteiger partial charge in [-0.1, -0.05) is 23.8 Å². The molecule has 0 saturated carbocycles. The summed E-state index contributed by atoms with van der Waals surface area (Å²) in [6.07, 6.45) is 1.50. The molecular formula is C17H19NO4S. The van der Waals surface area contributed by atoms with Crippen molar-refractivity contribution in [2.75, 3.05) is 18.9 Å². The lowest BCUT2D eigenvalue weighted by Gasteiger charge is -2.08. The van der Waals surface area contributed by atoms with Gasteiger partial charge in [-0.25, -0.2) is 8.42 Å². The average molecular weight is 333 g/mol. The third-order valence-electron chi connectivity index (χ3n) is 3.16. The molecule has 0 heterocycles. The number of hydrogen-bond donors (Lipinski definition) is 1. The zero-order valence-corrected chi connectivity index (χ0v) is 14.1. The second-order valence-electron chi connectivity index (χ2n) is 4.93. The lowest BCUT2D eigenvalue weighted by atomic mass is 10.2. The van der Waals surface area contributed by atoms with E-state index in [-0.39, 0.29) is 0 Å². The van der Waals surface area contributed by atoms with Crippen molar-refractivity contribution in [3.8, 4) is 11.5 Å². The molecule has 0 saturated heterocycles. The molecule has 0 atom stereocenters. The Bertz CT molecular complexity index is 796. The zero-order chi connectivity index (χ0) is 16.9. The van der Waals surface area contributed by atoms with Crippen molar-refractivity contribution in [3.63, 3.8) is 0 Å². The van der Waals surface area contributed by atoms with Gasteiger partial charge in [0, 0.05) is 5.69 Å². The summed E-state index contributed by atoms with van der Waals surface area (Å²) in [6.45, 7) is 1.94. The second-order valence-corrected chi connectivity index (χ2v) is 6.50. The number of methoxy groups -OCH3 is 2. The molecule has 2 rings (SSSR count). The first-order chi connectivity index (χ1) is 10.9. The van der Waals surface area contributed by atoms with Crippen LogP contribution in [0.4, 0.5) is 5.69 Å². The Kier molecular flexibility index (Phi) is 5.28. The molecule has 122 valence electrons. The molecule has 0 amide bonds. The molecule has 0 unspecified atom stereocenters. The Morgan fingerprint density at radius 3 is 2.22 bits per heavy atom. The lowest BCUT2D eigenvalue weighted by Crippen LogP contribution is -2.08. The molecule has 23 heavy (non-hydrogen) atoms. The molecule has 6 heteroatoms. The fourth-order valence-corrected chi connectivity index (χ4v) is 2.81. The van der Waals surface area contributed by atoms with Gasteiger partial charge in [-0.15, -0.1) is 0 Å². The van der Waals surface area contributed by atoms with E-state index in [1.165, 1.54) is 13.2 Å². The third kappa shape index (κ3) is 4.75. The molecule has 0 aliphatic heterocycles. The van der Waals surface area contributed by atoms with E-state index in [1.54, 1.807) is 37.4 Å². The number of sulfonamides is 1. The number of hydrogen-bond acceptors (Lipinski definition) is 4. The van der Waals surface area contributed by atoms with Gasteiger partial charge in [0.15, 0.2) is 11.5 Å².